The number of ether oxygens (including phenoxy) is 1. The number of nitrogens with zero attached hydrogens (tertiary/aromatic N) is 2. The van der Waals surface area contributed by atoms with E-state index in [0.717, 1.165) is 28.2 Å². The van der Waals surface area contributed by atoms with Crippen molar-refractivity contribution >= 4 is 17.0 Å². The average molecular weight is 288 g/mol. The van der Waals surface area contributed by atoms with Crippen LogP contribution in [0.3, 0.4) is 0 Å². The van der Waals surface area contributed by atoms with Crippen LogP contribution in [0.4, 0.5) is 0 Å². The molecular weight excluding hydrogens is 268 g/mol. The van der Waals surface area contributed by atoms with Gasteiger partial charge in [0.15, 0.2) is 0 Å². The topological polar surface area (TPSA) is 64.4 Å². The Morgan fingerprint density at radius 1 is 1.48 bits per heavy atom. The molecule has 1 N–H and O–H groups in total. The minimum atomic E-state index is -0.820. The fourth-order valence-corrected chi connectivity index (χ4v) is 2.27. The zero-order chi connectivity index (χ0) is 15.4. The number of benzene rings is 1. The number of carboxylic acid groups (broad SMARTS) is 1. The number of carboxylic acids is 1. The van der Waals surface area contributed by atoms with Gasteiger partial charge in [-0.25, -0.2) is 4.98 Å². The smallest absolute Gasteiger partial charge is 0.303 e. The van der Waals surface area contributed by atoms with Crippen LogP contribution < -0.4 is 4.74 Å². The highest BCUT2D eigenvalue weighted by molar-refractivity contribution is 5.78. The van der Waals surface area contributed by atoms with E-state index >= 15 is 0 Å². The van der Waals surface area contributed by atoms with E-state index in [2.05, 4.69) is 11.6 Å². The Morgan fingerprint density at radius 3 is 2.86 bits per heavy atom. The lowest BCUT2D eigenvalue weighted by molar-refractivity contribution is -0.137. The van der Waals surface area contributed by atoms with Crippen molar-refractivity contribution in [3.05, 3.63) is 36.2 Å². The van der Waals surface area contributed by atoms with Crippen LogP contribution in [0.1, 0.15) is 26.1 Å². The maximum absolute atomic E-state index is 10.8. The molecule has 1 aromatic heterocycles. The van der Waals surface area contributed by atoms with Crippen molar-refractivity contribution in [2.75, 3.05) is 6.61 Å². The Kier molecular flexibility index (Phi) is 4.62. The molecule has 112 valence electrons. The van der Waals surface area contributed by atoms with E-state index in [1.165, 1.54) is 0 Å². The first-order chi connectivity index (χ1) is 10.0. The van der Waals surface area contributed by atoms with Crippen molar-refractivity contribution in [1.82, 2.24) is 9.55 Å². The Balaban J connectivity index is 2.43. The molecule has 0 atom stereocenters. The van der Waals surface area contributed by atoms with Gasteiger partial charge in [0.25, 0.3) is 0 Å². The second-order valence-electron chi connectivity index (χ2n) is 5.05. The molecule has 0 radical (unpaired) electrons. The number of fused-ring (bicyclic) bond motifs is 1. The first-order valence-corrected chi connectivity index (χ1v) is 6.99. The van der Waals surface area contributed by atoms with Crippen LogP contribution >= 0.6 is 0 Å². The van der Waals surface area contributed by atoms with Crippen molar-refractivity contribution in [3.8, 4) is 5.75 Å². The standard InChI is InChI=1S/C16H20N2O3/c1-4-21-12-5-6-14-13(9-12)17-15(7-8-16(19)20)18(14)10-11(2)3/h5-6,9H,2,4,7-8,10H2,1,3H3,(H,19,20). The average Bonchev–Trinajstić information content (AvgIpc) is 2.73. The Labute approximate surface area is 123 Å². The Bertz CT molecular complexity index is 673. The number of aliphatic carboxylic acids is 1. The third-order valence-electron chi connectivity index (χ3n) is 3.10. The summed E-state index contributed by atoms with van der Waals surface area (Å²) < 4.78 is 7.51. The molecule has 0 bridgehead atoms. The fraction of sp³-hybridized carbons (Fsp3) is 0.375. The zero-order valence-corrected chi connectivity index (χ0v) is 12.4. The normalized spacial score (nSPS) is 10.8. The van der Waals surface area contributed by atoms with Crippen LogP contribution in [0.15, 0.2) is 30.4 Å². The molecule has 0 aliphatic carbocycles. The van der Waals surface area contributed by atoms with Crippen molar-refractivity contribution in [1.29, 1.82) is 0 Å². The van der Waals surface area contributed by atoms with Crippen LogP contribution in [-0.2, 0) is 17.8 Å². The number of aryl methyl sites for hydroxylation is 1. The van der Waals surface area contributed by atoms with Crippen molar-refractivity contribution in [2.45, 2.75) is 33.2 Å². The Morgan fingerprint density at radius 2 is 2.24 bits per heavy atom. The van der Waals surface area contributed by atoms with Gasteiger partial charge in [-0.15, -0.1) is 0 Å². The van der Waals surface area contributed by atoms with Gasteiger partial charge in [-0.3, -0.25) is 4.79 Å². The van der Waals surface area contributed by atoms with E-state index in [-0.39, 0.29) is 6.42 Å². The van der Waals surface area contributed by atoms with E-state index in [9.17, 15) is 4.79 Å². The lowest BCUT2D eigenvalue weighted by Gasteiger charge is -2.08. The van der Waals surface area contributed by atoms with E-state index in [1.807, 2.05) is 36.6 Å². The summed E-state index contributed by atoms with van der Waals surface area (Å²) in [5.74, 6) is 0.720. The van der Waals surface area contributed by atoms with Crippen LogP contribution in [0.2, 0.25) is 0 Å². The largest absolute Gasteiger partial charge is 0.494 e. The van der Waals surface area contributed by atoms with Gasteiger partial charge in [-0.05, 0) is 26.0 Å². The number of hydrogen-bond donors (Lipinski definition) is 1. The van der Waals surface area contributed by atoms with E-state index in [0.29, 0.717) is 19.6 Å². The highest BCUT2D eigenvalue weighted by Gasteiger charge is 2.13. The molecule has 0 saturated carbocycles. The summed E-state index contributed by atoms with van der Waals surface area (Å²) in [5, 5.41) is 8.86. The molecular formula is C16H20N2O3. The molecule has 0 aliphatic heterocycles. The number of carbonyl (C=O) groups is 1. The predicted molar refractivity (Wildman–Crippen MR) is 81.7 cm³/mol. The number of hydrogen-bond acceptors (Lipinski definition) is 3. The molecule has 0 fully saturated rings. The maximum Gasteiger partial charge on any atom is 0.303 e. The number of allylic oxidation sites excluding steroid dienone is 1. The molecule has 5 heteroatoms. The summed E-state index contributed by atoms with van der Waals surface area (Å²) in [4.78, 5) is 15.3. The molecule has 0 spiro atoms. The third kappa shape index (κ3) is 3.62. The van der Waals surface area contributed by atoms with Gasteiger partial charge in [0.1, 0.15) is 11.6 Å². The van der Waals surface area contributed by atoms with Gasteiger partial charge in [0.05, 0.1) is 24.1 Å². The van der Waals surface area contributed by atoms with E-state index in [1.54, 1.807) is 0 Å². The molecule has 0 unspecified atom stereocenters. The highest BCUT2D eigenvalue weighted by atomic mass is 16.5. The number of rotatable bonds is 7. The van der Waals surface area contributed by atoms with Gasteiger partial charge in [-0.2, -0.15) is 0 Å². The van der Waals surface area contributed by atoms with Gasteiger partial charge in [-0.1, -0.05) is 12.2 Å². The summed E-state index contributed by atoms with van der Waals surface area (Å²) in [6.07, 6.45) is 0.471. The second-order valence-corrected chi connectivity index (χ2v) is 5.05. The Hall–Kier alpha value is -2.30. The van der Waals surface area contributed by atoms with Crippen molar-refractivity contribution < 1.29 is 14.6 Å². The predicted octanol–water partition coefficient (Wildman–Crippen LogP) is 3.03. The molecule has 5 nitrogen and oxygen atoms in total. The van der Waals surface area contributed by atoms with Crippen LogP contribution in [0, 0.1) is 0 Å². The molecule has 0 saturated heterocycles. The van der Waals surface area contributed by atoms with Crippen LogP contribution in [0.5, 0.6) is 5.75 Å². The third-order valence-corrected chi connectivity index (χ3v) is 3.10. The summed E-state index contributed by atoms with van der Waals surface area (Å²) in [7, 11) is 0. The first kappa shape index (κ1) is 15.1. The summed E-state index contributed by atoms with van der Waals surface area (Å²) in [6.45, 7) is 9.05. The number of imidazole rings is 1. The van der Waals surface area contributed by atoms with Crippen molar-refractivity contribution in [3.63, 3.8) is 0 Å². The minimum Gasteiger partial charge on any atom is -0.494 e. The van der Waals surface area contributed by atoms with E-state index in [4.69, 9.17) is 9.84 Å². The molecule has 2 rings (SSSR count). The lowest BCUT2D eigenvalue weighted by Crippen LogP contribution is -2.07. The molecule has 2 aromatic rings. The van der Waals surface area contributed by atoms with Gasteiger partial charge >= 0.3 is 5.97 Å². The maximum atomic E-state index is 10.8. The zero-order valence-electron chi connectivity index (χ0n) is 12.4. The quantitative estimate of drug-likeness (QED) is 0.795. The highest BCUT2D eigenvalue weighted by Crippen LogP contribution is 2.23. The van der Waals surface area contributed by atoms with Crippen molar-refractivity contribution in [2.24, 2.45) is 0 Å². The summed E-state index contributed by atoms with van der Waals surface area (Å²) in [5.41, 5.74) is 2.80. The van der Waals surface area contributed by atoms with Crippen LogP contribution in [0.25, 0.3) is 11.0 Å². The minimum absolute atomic E-state index is 0.0673. The van der Waals surface area contributed by atoms with Gasteiger partial charge in [0, 0.05) is 19.0 Å². The summed E-state index contributed by atoms with van der Waals surface area (Å²) >= 11 is 0. The molecule has 1 heterocycles. The number of aromatic nitrogens is 2. The molecule has 21 heavy (non-hydrogen) atoms. The molecule has 1 aromatic carbocycles. The first-order valence-electron chi connectivity index (χ1n) is 6.99. The summed E-state index contributed by atoms with van der Waals surface area (Å²) in [6, 6.07) is 5.75. The molecule has 0 amide bonds. The van der Waals surface area contributed by atoms with Crippen LogP contribution in [-0.4, -0.2) is 27.2 Å². The lowest BCUT2D eigenvalue weighted by atomic mass is 10.2. The van der Waals surface area contributed by atoms with E-state index < -0.39 is 5.97 Å². The fourth-order valence-electron chi connectivity index (χ4n) is 2.27. The van der Waals surface area contributed by atoms with Gasteiger partial charge in [0.2, 0.25) is 0 Å². The second kappa shape index (κ2) is 6.43. The SMILES string of the molecule is C=C(C)Cn1c(CCC(=O)O)nc2cc(OCC)ccc21. The molecule has 0 aliphatic rings. The monoisotopic (exact) mass is 288 g/mol. The van der Waals surface area contributed by atoms with Gasteiger partial charge < -0.3 is 14.4 Å².